The molecule has 1 atom stereocenters. The zero-order valence-corrected chi connectivity index (χ0v) is 18.1. The Kier molecular flexibility index (Phi) is 7.09. The Morgan fingerprint density at radius 2 is 1.62 bits per heavy atom. The first kappa shape index (κ1) is 21.5. The molecule has 1 amide bonds. The fourth-order valence-corrected chi connectivity index (χ4v) is 4.74. The van der Waals surface area contributed by atoms with Gasteiger partial charge in [0.25, 0.3) is 0 Å². The third-order valence-corrected chi connectivity index (χ3v) is 6.67. The van der Waals surface area contributed by atoms with E-state index in [4.69, 9.17) is 5.73 Å². The van der Waals surface area contributed by atoms with Crippen LogP contribution in [-0.4, -0.2) is 49.4 Å². The van der Waals surface area contributed by atoms with E-state index in [-0.39, 0.29) is 17.4 Å². The topological polar surface area (TPSA) is 49.6 Å². The van der Waals surface area contributed by atoms with Gasteiger partial charge in [0.2, 0.25) is 5.91 Å². The van der Waals surface area contributed by atoms with Gasteiger partial charge in [-0.15, -0.1) is 0 Å². The lowest BCUT2D eigenvalue weighted by Gasteiger charge is -2.47. The first-order valence-electron chi connectivity index (χ1n) is 10.8. The van der Waals surface area contributed by atoms with E-state index < -0.39 is 0 Å². The van der Waals surface area contributed by atoms with Crippen molar-refractivity contribution in [3.63, 3.8) is 0 Å². The van der Waals surface area contributed by atoms with E-state index in [9.17, 15) is 4.79 Å². The van der Waals surface area contributed by atoms with Crippen molar-refractivity contribution >= 4 is 5.91 Å². The summed E-state index contributed by atoms with van der Waals surface area (Å²) in [5.41, 5.74) is 9.95. The molecule has 4 heteroatoms. The molecule has 2 N–H and O–H groups in total. The van der Waals surface area contributed by atoms with Crippen LogP contribution < -0.4 is 5.73 Å². The number of hydrogen-bond acceptors (Lipinski definition) is 3. The van der Waals surface area contributed by atoms with E-state index in [1.807, 2.05) is 4.90 Å². The number of carbonyl (C=O) groups is 1. The largest absolute Gasteiger partial charge is 0.342 e. The normalized spacial score (nSPS) is 17.3. The van der Waals surface area contributed by atoms with Crippen molar-refractivity contribution in [3.8, 4) is 0 Å². The molecule has 1 heterocycles. The molecule has 0 bridgehead atoms. The zero-order chi connectivity index (χ0) is 20.9. The number of amides is 1. The van der Waals surface area contributed by atoms with Crippen LogP contribution in [0.15, 0.2) is 54.6 Å². The average molecular weight is 394 g/mol. The Balaban J connectivity index is 1.71. The van der Waals surface area contributed by atoms with Gasteiger partial charge in [-0.25, -0.2) is 0 Å². The molecule has 0 radical (unpaired) electrons. The molecule has 1 unspecified atom stereocenters. The molecule has 1 fully saturated rings. The lowest BCUT2D eigenvalue weighted by Crippen LogP contribution is -2.53. The fourth-order valence-electron chi connectivity index (χ4n) is 4.74. The Morgan fingerprint density at radius 1 is 1.03 bits per heavy atom. The third-order valence-electron chi connectivity index (χ3n) is 6.67. The SMILES string of the molecule is CCc1ccccc1CC(CN)C(=O)N1CCC(c2ccccc2)(N(C)C)CC1. The molecule has 1 saturated heterocycles. The summed E-state index contributed by atoms with van der Waals surface area (Å²) in [4.78, 5) is 17.6. The van der Waals surface area contributed by atoms with Gasteiger partial charge in [0.15, 0.2) is 0 Å². The van der Waals surface area contributed by atoms with E-state index in [2.05, 4.69) is 80.5 Å². The smallest absolute Gasteiger partial charge is 0.227 e. The first-order valence-corrected chi connectivity index (χ1v) is 10.8. The number of piperidine rings is 1. The number of likely N-dealkylation sites (tertiary alicyclic amines) is 1. The molecule has 2 aromatic carbocycles. The quantitative estimate of drug-likeness (QED) is 0.784. The maximum absolute atomic E-state index is 13.3. The number of nitrogens with two attached hydrogens (primary N) is 1. The van der Waals surface area contributed by atoms with Gasteiger partial charge in [0.05, 0.1) is 5.92 Å². The van der Waals surface area contributed by atoms with Crippen LogP contribution in [0.1, 0.15) is 36.5 Å². The van der Waals surface area contributed by atoms with Crippen LogP contribution in [0.2, 0.25) is 0 Å². The van der Waals surface area contributed by atoms with Crippen molar-refractivity contribution < 1.29 is 4.79 Å². The Labute approximate surface area is 175 Å². The van der Waals surface area contributed by atoms with E-state index >= 15 is 0 Å². The van der Waals surface area contributed by atoms with Gasteiger partial charge < -0.3 is 10.6 Å². The lowest BCUT2D eigenvalue weighted by molar-refractivity contribution is -0.138. The van der Waals surface area contributed by atoms with Crippen LogP contribution in [0, 0.1) is 5.92 Å². The standard InChI is InChI=1S/C25H35N3O/c1-4-20-10-8-9-11-21(20)18-22(19-26)24(29)28-16-14-25(15-17-28,27(2)3)23-12-6-5-7-13-23/h5-13,22H,4,14-19,26H2,1-3H3. The summed E-state index contributed by atoms with van der Waals surface area (Å²) in [6.07, 6.45) is 3.60. The van der Waals surface area contributed by atoms with E-state index in [0.717, 1.165) is 38.8 Å². The number of hydrogen-bond donors (Lipinski definition) is 1. The summed E-state index contributed by atoms with van der Waals surface area (Å²) in [6, 6.07) is 19.1. The minimum Gasteiger partial charge on any atom is -0.342 e. The maximum atomic E-state index is 13.3. The minimum atomic E-state index is -0.147. The molecular weight excluding hydrogens is 358 g/mol. The molecule has 0 saturated carbocycles. The molecule has 1 aliphatic rings. The summed E-state index contributed by atoms with van der Waals surface area (Å²) in [5.74, 6) is 0.0603. The second-order valence-corrected chi connectivity index (χ2v) is 8.38. The van der Waals surface area contributed by atoms with Gasteiger partial charge in [0.1, 0.15) is 0 Å². The van der Waals surface area contributed by atoms with Crippen molar-refractivity contribution in [1.29, 1.82) is 0 Å². The molecule has 1 aliphatic heterocycles. The molecule has 2 aromatic rings. The molecule has 156 valence electrons. The second-order valence-electron chi connectivity index (χ2n) is 8.38. The van der Waals surface area contributed by atoms with Gasteiger partial charge in [-0.3, -0.25) is 9.69 Å². The van der Waals surface area contributed by atoms with Crippen LogP contribution in [-0.2, 0) is 23.2 Å². The highest BCUT2D eigenvalue weighted by Gasteiger charge is 2.40. The Morgan fingerprint density at radius 3 is 2.17 bits per heavy atom. The fraction of sp³-hybridized carbons (Fsp3) is 0.480. The van der Waals surface area contributed by atoms with Crippen molar-refractivity contribution in [2.75, 3.05) is 33.7 Å². The molecule has 0 aromatic heterocycles. The van der Waals surface area contributed by atoms with Crippen molar-refractivity contribution in [3.05, 3.63) is 71.3 Å². The van der Waals surface area contributed by atoms with Gasteiger partial charge in [-0.05, 0) is 56.5 Å². The molecule has 0 spiro atoms. The monoisotopic (exact) mass is 393 g/mol. The summed E-state index contributed by atoms with van der Waals surface area (Å²) in [7, 11) is 4.30. The van der Waals surface area contributed by atoms with Crippen LogP contribution in [0.3, 0.4) is 0 Å². The predicted octanol–water partition coefficient (Wildman–Crippen LogP) is 3.45. The van der Waals surface area contributed by atoms with E-state index in [0.29, 0.717) is 6.54 Å². The number of benzene rings is 2. The van der Waals surface area contributed by atoms with Gasteiger partial charge in [-0.2, -0.15) is 0 Å². The van der Waals surface area contributed by atoms with Crippen LogP contribution >= 0.6 is 0 Å². The van der Waals surface area contributed by atoms with E-state index in [1.54, 1.807) is 0 Å². The third kappa shape index (κ3) is 4.54. The molecular formula is C25H35N3O. The summed E-state index contributed by atoms with van der Waals surface area (Å²) in [6.45, 7) is 4.10. The minimum absolute atomic E-state index is 0.00887. The van der Waals surface area contributed by atoms with Gasteiger partial charge in [0, 0.05) is 25.2 Å². The van der Waals surface area contributed by atoms with E-state index in [1.165, 1.54) is 16.7 Å². The Hall–Kier alpha value is -2.17. The maximum Gasteiger partial charge on any atom is 0.227 e. The predicted molar refractivity (Wildman–Crippen MR) is 120 cm³/mol. The van der Waals surface area contributed by atoms with Gasteiger partial charge in [-0.1, -0.05) is 61.5 Å². The van der Waals surface area contributed by atoms with Crippen molar-refractivity contribution in [2.24, 2.45) is 11.7 Å². The molecule has 3 rings (SSSR count). The highest BCUT2D eigenvalue weighted by atomic mass is 16.2. The molecule has 29 heavy (non-hydrogen) atoms. The number of nitrogens with zero attached hydrogens (tertiary/aromatic N) is 2. The number of rotatable bonds is 7. The molecule has 4 nitrogen and oxygen atoms in total. The lowest BCUT2D eigenvalue weighted by atomic mass is 9.79. The van der Waals surface area contributed by atoms with Crippen LogP contribution in [0.5, 0.6) is 0 Å². The summed E-state index contributed by atoms with van der Waals surface area (Å²) >= 11 is 0. The zero-order valence-electron chi connectivity index (χ0n) is 18.1. The molecule has 0 aliphatic carbocycles. The van der Waals surface area contributed by atoms with Crippen molar-refractivity contribution in [2.45, 2.75) is 38.1 Å². The highest BCUT2D eigenvalue weighted by Crippen LogP contribution is 2.37. The average Bonchev–Trinajstić information content (AvgIpc) is 2.77. The number of carbonyl (C=O) groups excluding carboxylic acids is 1. The van der Waals surface area contributed by atoms with Gasteiger partial charge >= 0.3 is 0 Å². The summed E-state index contributed by atoms with van der Waals surface area (Å²) in [5, 5.41) is 0. The first-order chi connectivity index (χ1) is 14.0. The summed E-state index contributed by atoms with van der Waals surface area (Å²) < 4.78 is 0. The number of aryl methyl sites for hydroxylation is 1. The van der Waals surface area contributed by atoms with Crippen LogP contribution in [0.25, 0.3) is 0 Å². The Bertz CT molecular complexity index is 795. The van der Waals surface area contributed by atoms with Crippen LogP contribution in [0.4, 0.5) is 0 Å². The van der Waals surface area contributed by atoms with Crippen molar-refractivity contribution in [1.82, 2.24) is 9.80 Å². The highest BCUT2D eigenvalue weighted by molar-refractivity contribution is 5.79. The second kappa shape index (κ2) is 9.55.